The van der Waals surface area contributed by atoms with Gasteiger partial charge in [0.25, 0.3) is 5.91 Å². The number of anilines is 2. The van der Waals surface area contributed by atoms with E-state index in [0.717, 1.165) is 36.0 Å². The number of benzene rings is 2. The summed E-state index contributed by atoms with van der Waals surface area (Å²) in [5.74, 6) is 2.06. The minimum Gasteiger partial charge on any atom is -0.369 e. The van der Waals surface area contributed by atoms with Gasteiger partial charge in [-0.2, -0.15) is 16.9 Å². The van der Waals surface area contributed by atoms with Gasteiger partial charge in [0.15, 0.2) is 0 Å². The molecule has 138 valence electrons. The molecule has 1 aliphatic heterocycles. The van der Waals surface area contributed by atoms with Crippen LogP contribution in [0.2, 0.25) is 5.02 Å². The molecular weight excluding hydrogens is 380 g/mol. The van der Waals surface area contributed by atoms with Gasteiger partial charge in [-0.15, -0.1) is 0 Å². The van der Waals surface area contributed by atoms with Crippen LogP contribution in [0.5, 0.6) is 0 Å². The van der Waals surface area contributed by atoms with Gasteiger partial charge in [-0.3, -0.25) is 4.79 Å². The standard InChI is InChI=1S/C20H19ClN4OS/c21-18-14-16(4-7-19(18)24-10-12-27-13-11-24)23-20(26)15-2-5-17(6-3-15)25-9-1-8-22-25/h1-9,14H,10-13H2,(H,23,26). The monoisotopic (exact) mass is 398 g/mol. The average molecular weight is 399 g/mol. The molecule has 0 bridgehead atoms. The zero-order valence-electron chi connectivity index (χ0n) is 14.6. The number of thioether (sulfide) groups is 1. The third-order valence-electron chi connectivity index (χ3n) is 4.46. The number of hydrogen-bond acceptors (Lipinski definition) is 4. The van der Waals surface area contributed by atoms with E-state index in [1.807, 2.05) is 54.4 Å². The summed E-state index contributed by atoms with van der Waals surface area (Å²) in [4.78, 5) is 14.8. The second kappa shape index (κ2) is 8.06. The van der Waals surface area contributed by atoms with Gasteiger partial charge in [-0.25, -0.2) is 4.68 Å². The van der Waals surface area contributed by atoms with Crippen molar-refractivity contribution in [2.75, 3.05) is 34.8 Å². The molecule has 2 aromatic carbocycles. The number of amides is 1. The van der Waals surface area contributed by atoms with Crippen LogP contribution in [0.3, 0.4) is 0 Å². The van der Waals surface area contributed by atoms with E-state index in [1.165, 1.54) is 0 Å². The fraction of sp³-hybridized carbons (Fsp3) is 0.200. The molecule has 2 heterocycles. The molecule has 27 heavy (non-hydrogen) atoms. The lowest BCUT2D eigenvalue weighted by Crippen LogP contribution is -2.32. The van der Waals surface area contributed by atoms with E-state index in [9.17, 15) is 4.79 Å². The summed E-state index contributed by atoms with van der Waals surface area (Å²) in [6.45, 7) is 2.00. The van der Waals surface area contributed by atoms with Crippen molar-refractivity contribution in [2.24, 2.45) is 0 Å². The molecule has 1 aliphatic rings. The Morgan fingerprint density at radius 3 is 2.56 bits per heavy atom. The van der Waals surface area contributed by atoms with E-state index in [0.29, 0.717) is 16.3 Å². The van der Waals surface area contributed by atoms with Crippen LogP contribution in [0.1, 0.15) is 10.4 Å². The molecule has 4 rings (SSSR count). The third-order valence-corrected chi connectivity index (χ3v) is 5.70. The van der Waals surface area contributed by atoms with E-state index in [2.05, 4.69) is 15.3 Å². The molecule has 1 saturated heterocycles. The number of halogens is 1. The molecule has 1 amide bonds. The number of hydrogen-bond donors (Lipinski definition) is 1. The number of nitrogens with zero attached hydrogens (tertiary/aromatic N) is 3. The fourth-order valence-electron chi connectivity index (χ4n) is 3.04. The summed E-state index contributed by atoms with van der Waals surface area (Å²) in [5, 5.41) is 7.76. The first-order valence-electron chi connectivity index (χ1n) is 8.74. The van der Waals surface area contributed by atoms with Crippen molar-refractivity contribution in [1.82, 2.24) is 9.78 Å². The molecule has 7 heteroatoms. The molecule has 0 atom stereocenters. The minimum absolute atomic E-state index is 0.166. The van der Waals surface area contributed by atoms with Gasteiger partial charge in [0, 0.05) is 48.2 Å². The van der Waals surface area contributed by atoms with Crippen LogP contribution in [0.4, 0.5) is 11.4 Å². The molecule has 0 aliphatic carbocycles. The van der Waals surface area contributed by atoms with Crippen LogP contribution in [-0.4, -0.2) is 40.3 Å². The van der Waals surface area contributed by atoms with Crippen molar-refractivity contribution >= 4 is 40.6 Å². The highest BCUT2D eigenvalue weighted by atomic mass is 35.5. The van der Waals surface area contributed by atoms with Crippen LogP contribution < -0.4 is 10.2 Å². The molecule has 0 unspecified atom stereocenters. The third kappa shape index (κ3) is 4.12. The Balaban J connectivity index is 1.45. The van der Waals surface area contributed by atoms with Crippen LogP contribution in [-0.2, 0) is 0 Å². The first-order valence-corrected chi connectivity index (χ1v) is 10.3. The Labute approximate surface area is 167 Å². The highest BCUT2D eigenvalue weighted by Crippen LogP contribution is 2.30. The first kappa shape index (κ1) is 17.9. The zero-order valence-corrected chi connectivity index (χ0v) is 16.2. The Morgan fingerprint density at radius 1 is 1.11 bits per heavy atom. The van der Waals surface area contributed by atoms with Crippen LogP contribution >= 0.6 is 23.4 Å². The van der Waals surface area contributed by atoms with Crippen molar-refractivity contribution < 1.29 is 4.79 Å². The molecular formula is C20H19ClN4OS. The summed E-state index contributed by atoms with van der Waals surface area (Å²) >= 11 is 8.42. The smallest absolute Gasteiger partial charge is 0.255 e. The fourth-order valence-corrected chi connectivity index (χ4v) is 4.24. The lowest BCUT2D eigenvalue weighted by atomic mass is 10.2. The van der Waals surface area contributed by atoms with Crippen LogP contribution in [0.15, 0.2) is 60.9 Å². The SMILES string of the molecule is O=C(Nc1ccc(N2CCSCC2)c(Cl)c1)c1ccc(-n2cccn2)cc1. The van der Waals surface area contributed by atoms with Crippen molar-refractivity contribution in [3.63, 3.8) is 0 Å². The average Bonchev–Trinajstić information content (AvgIpc) is 3.24. The normalized spacial score (nSPS) is 14.2. The van der Waals surface area contributed by atoms with Crippen LogP contribution in [0.25, 0.3) is 5.69 Å². The summed E-state index contributed by atoms with van der Waals surface area (Å²) < 4.78 is 1.75. The highest BCUT2D eigenvalue weighted by molar-refractivity contribution is 7.99. The number of carbonyl (C=O) groups excluding carboxylic acids is 1. The molecule has 0 spiro atoms. The maximum atomic E-state index is 12.5. The Kier molecular flexibility index (Phi) is 5.36. The molecule has 1 aromatic heterocycles. The van der Waals surface area contributed by atoms with Crippen molar-refractivity contribution in [3.8, 4) is 5.69 Å². The molecule has 0 saturated carbocycles. The Hall–Kier alpha value is -2.44. The largest absolute Gasteiger partial charge is 0.369 e. The summed E-state index contributed by atoms with van der Waals surface area (Å²) in [6.07, 6.45) is 3.58. The number of aromatic nitrogens is 2. The second-order valence-electron chi connectivity index (χ2n) is 6.22. The predicted molar refractivity (Wildman–Crippen MR) is 113 cm³/mol. The van der Waals surface area contributed by atoms with Crippen molar-refractivity contribution in [2.45, 2.75) is 0 Å². The Bertz CT molecular complexity index is 922. The maximum Gasteiger partial charge on any atom is 0.255 e. The second-order valence-corrected chi connectivity index (χ2v) is 7.85. The van der Waals surface area contributed by atoms with Gasteiger partial charge < -0.3 is 10.2 Å². The number of rotatable bonds is 4. The van der Waals surface area contributed by atoms with E-state index < -0.39 is 0 Å². The number of carbonyl (C=O) groups is 1. The number of nitrogens with one attached hydrogen (secondary N) is 1. The van der Waals surface area contributed by atoms with E-state index in [1.54, 1.807) is 23.0 Å². The lowest BCUT2D eigenvalue weighted by molar-refractivity contribution is 0.102. The lowest BCUT2D eigenvalue weighted by Gasteiger charge is -2.29. The molecule has 0 radical (unpaired) electrons. The van der Waals surface area contributed by atoms with Gasteiger partial charge in [0.2, 0.25) is 0 Å². The van der Waals surface area contributed by atoms with E-state index in [4.69, 9.17) is 11.6 Å². The Morgan fingerprint density at radius 2 is 1.89 bits per heavy atom. The first-order chi connectivity index (χ1) is 13.2. The predicted octanol–water partition coefficient (Wildman–Crippen LogP) is 4.33. The van der Waals surface area contributed by atoms with Gasteiger partial charge in [0.05, 0.1) is 16.4 Å². The summed E-state index contributed by atoms with van der Waals surface area (Å²) in [7, 11) is 0. The van der Waals surface area contributed by atoms with Gasteiger partial charge >= 0.3 is 0 Å². The van der Waals surface area contributed by atoms with Gasteiger partial charge in [-0.1, -0.05) is 11.6 Å². The topological polar surface area (TPSA) is 50.2 Å². The van der Waals surface area contributed by atoms with Crippen LogP contribution in [0, 0.1) is 0 Å². The van der Waals surface area contributed by atoms with Gasteiger partial charge in [-0.05, 0) is 48.5 Å². The van der Waals surface area contributed by atoms with Crippen molar-refractivity contribution in [1.29, 1.82) is 0 Å². The molecule has 3 aromatic rings. The quantitative estimate of drug-likeness (QED) is 0.710. The van der Waals surface area contributed by atoms with E-state index >= 15 is 0 Å². The van der Waals surface area contributed by atoms with E-state index in [-0.39, 0.29) is 5.91 Å². The van der Waals surface area contributed by atoms with Crippen molar-refractivity contribution in [3.05, 3.63) is 71.5 Å². The van der Waals surface area contributed by atoms with Gasteiger partial charge in [0.1, 0.15) is 0 Å². The molecule has 5 nitrogen and oxygen atoms in total. The summed E-state index contributed by atoms with van der Waals surface area (Å²) in [5.41, 5.74) is 3.21. The highest BCUT2D eigenvalue weighted by Gasteiger charge is 2.15. The molecule has 1 N–H and O–H groups in total. The summed E-state index contributed by atoms with van der Waals surface area (Å²) in [6, 6.07) is 14.9. The minimum atomic E-state index is -0.166. The molecule has 1 fully saturated rings. The zero-order chi connectivity index (χ0) is 18.6. The maximum absolute atomic E-state index is 12.5.